The molecule has 0 bridgehead atoms. The van der Waals surface area contributed by atoms with E-state index in [9.17, 15) is 9.90 Å². The predicted octanol–water partition coefficient (Wildman–Crippen LogP) is 5.22. The highest BCUT2D eigenvalue weighted by atomic mass is 16.3. The lowest BCUT2D eigenvalue weighted by molar-refractivity contribution is 0.0952. The molecule has 4 rings (SSSR count). The molecule has 164 valence electrons. The molecule has 3 aromatic carbocycles. The molecule has 32 heavy (non-hydrogen) atoms. The maximum absolute atomic E-state index is 12.8. The van der Waals surface area contributed by atoms with Crippen LogP contribution < -0.4 is 5.32 Å². The van der Waals surface area contributed by atoms with Gasteiger partial charge in [-0.05, 0) is 60.2 Å². The largest absolute Gasteiger partial charge is 0.508 e. The van der Waals surface area contributed by atoms with Crippen LogP contribution in [0.15, 0.2) is 84.9 Å². The van der Waals surface area contributed by atoms with E-state index in [0.717, 1.165) is 43.6 Å². The summed E-state index contributed by atoms with van der Waals surface area (Å²) in [5.74, 6) is 0.759. The van der Waals surface area contributed by atoms with Gasteiger partial charge in [-0.25, -0.2) is 0 Å². The molecule has 0 aliphatic carbocycles. The number of nitrogens with zero attached hydrogens (tertiary/aromatic N) is 1. The molecule has 4 heteroatoms. The third-order valence-electron chi connectivity index (χ3n) is 6.00. The molecular weight excluding hydrogens is 396 g/mol. The normalized spacial score (nSPS) is 16.4. The van der Waals surface area contributed by atoms with Gasteiger partial charge < -0.3 is 10.4 Å². The summed E-state index contributed by atoms with van der Waals surface area (Å²) in [6.07, 6.45) is 6.06. The molecule has 3 aromatic rings. The second-order valence-electron chi connectivity index (χ2n) is 8.33. The minimum absolute atomic E-state index is 0.0111. The third kappa shape index (κ3) is 5.86. The average Bonchev–Trinajstić information content (AvgIpc) is 3.29. The van der Waals surface area contributed by atoms with Crippen molar-refractivity contribution in [2.45, 2.75) is 25.3 Å². The number of carbonyl (C=O) groups is 1. The molecule has 1 saturated heterocycles. The molecule has 1 aliphatic heterocycles. The summed E-state index contributed by atoms with van der Waals surface area (Å²) in [5, 5.41) is 12.6. The van der Waals surface area contributed by atoms with Gasteiger partial charge in [0.25, 0.3) is 5.91 Å². The van der Waals surface area contributed by atoms with Crippen molar-refractivity contribution in [1.29, 1.82) is 0 Å². The van der Waals surface area contributed by atoms with Gasteiger partial charge in [-0.3, -0.25) is 9.69 Å². The molecule has 1 atom stereocenters. The van der Waals surface area contributed by atoms with Gasteiger partial charge >= 0.3 is 0 Å². The van der Waals surface area contributed by atoms with Crippen LogP contribution >= 0.6 is 0 Å². The van der Waals surface area contributed by atoms with Crippen molar-refractivity contribution in [3.8, 4) is 5.75 Å². The van der Waals surface area contributed by atoms with Crippen LogP contribution in [0.5, 0.6) is 5.75 Å². The highest BCUT2D eigenvalue weighted by molar-refractivity contribution is 5.95. The zero-order valence-corrected chi connectivity index (χ0v) is 18.3. The Bertz CT molecular complexity index is 1040. The number of phenols is 1. The van der Waals surface area contributed by atoms with E-state index in [1.165, 1.54) is 11.1 Å². The molecule has 0 radical (unpaired) electrons. The van der Waals surface area contributed by atoms with Gasteiger partial charge in [-0.15, -0.1) is 0 Å². The fourth-order valence-electron chi connectivity index (χ4n) is 4.26. The SMILES string of the molecule is O=C(NCCC=Cc1ccccc1)c1ccccc1CN1CCC(c2ccc(O)cc2)C1. The molecule has 2 N–H and O–H groups in total. The van der Waals surface area contributed by atoms with E-state index >= 15 is 0 Å². The topological polar surface area (TPSA) is 52.6 Å². The van der Waals surface area contributed by atoms with Gasteiger partial charge in [0, 0.05) is 25.2 Å². The summed E-state index contributed by atoms with van der Waals surface area (Å²) in [6.45, 7) is 3.35. The first-order valence-electron chi connectivity index (χ1n) is 11.3. The molecule has 0 saturated carbocycles. The number of likely N-dealkylation sites (tertiary alicyclic amines) is 1. The van der Waals surface area contributed by atoms with Gasteiger partial charge in [-0.2, -0.15) is 0 Å². The van der Waals surface area contributed by atoms with Crippen molar-refractivity contribution in [3.63, 3.8) is 0 Å². The predicted molar refractivity (Wildman–Crippen MR) is 130 cm³/mol. The molecular formula is C28H30N2O2. The Balaban J connectivity index is 1.30. The summed E-state index contributed by atoms with van der Waals surface area (Å²) >= 11 is 0. The van der Waals surface area contributed by atoms with Crippen molar-refractivity contribution in [2.75, 3.05) is 19.6 Å². The summed E-state index contributed by atoms with van der Waals surface area (Å²) in [4.78, 5) is 15.2. The van der Waals surface area contributed by atoms with Crippen LogP contribution in [0, 0.1) is 0 Å². The van der Waals surface area contributed by atoms with Crippen LogP contribution in [0.2, 0.25) is 0 Å². The zero-order valence-electron chi connectivity index (χ0n) is 18.3. The first kappa shape index (κ1) is 21.8. The minimum atomic E-state index is -0.0111. The number of phenolic OH excluding ortho intramolecular Hbond substituents is 1. The molecule has 0 aromatic heterocycles. The highest BCUT2D eigenvalue weighted by Gasteiger charge is 2.25. The Hall–Kier alpha value is -3.37. The van der Waals surface area contributed by atoms with Crippen LogP contribution in [0.4, 0.5) is 0 Å². The lowest BCUT2D eigenvalue weighted by Crippen LogP contribution is -2.27. The number of amides is 1. The molecule has 1 heterocycles. The molecule has 1 unspecified atom stereocenters. The maximum Gasteiger partial charge on any atom is 0.251 e. The number of hydrogen-bond donors (Lipinski definition) is 2. The van der Waals surface area contributed by atoms with E-state index in [4.69, 9.17) is 0 Å². The lowest BCUT2D eigenvalue weighted by Gasteiger charge is -2.18. The molecule has 1 aliphatic rings. The van der Waals surface area contributed by atoms with Crippen molar-refractivity contribution in [3.05, 3.63) is 107 Å². The Morgan fingerprint density at radius 3 is 2.56 bits per heavy atom. The Kier molecular flexibility index (Phi) is 7.36. The van der Waals surface area contributed by atoms with Gasteiger partial charge in [-0.1, -0.05) is 72.8 Å². The third-order valence-corrected chi connectivity index (χ3v) is 6.00. The molecule has 1 fully saturated rings. The lowest BCUT2D eigenvalue weighted by atomic mass is 9.98. The maximum atomic E-state index is 12.8. The molecule has 1 amide bonds. The first-order chi connectivity index (χ1) is 15.7. The van der Waals surface area contributed by atoms with E-state index in [2.05, 4.69) is 40.6 Å². The Labute approximate surface area is 190 Å². The number of carbonyl (C=O) groups excluding carboxylic acids is 1. The van der Waals surface area contributed by atoms with Gasteiger partial charge in [0.2, 0.25) is 0 Å². The fraction of sp³-hybridized carbons (Fsp3) is 0.250. The van der Waals surface area contributed by atoms with Crippen LogP contribution in [0.1, 0.15) is 45.8 Å². The average molecular weight is 427 g/mol. The summed E-state index contributed by atoms with van der Waals surface area (Å²) in [6, 6.07) is 25.6. The Morgan fingerprint density at radius 2 is 1.75 bits per heavy atom. The first-order valence-corrected chi connectivity index (χ1v) is 11.3. The number of nitrogens with one attached hydrogen (secondary N) is 1. The quantitative estimate of drug-likeness (QED) is 0.486. The second kappa shape index (κ2) is 10.8. The molecule has 0 spiro atoms. The number of benzene rings is 3. The standard InChI is InChI=1S/C28H30N2O2/c31-26-15-13-23(14-16-26)24-17-19-30(20-24)21-25-11-4-5-12-27(25)28(32)29-18-7-6-10-22-8-2-1-3-9-22/h1-6,8-16,24,31H,7,17-21H2,(H,29,32). The van der Waals surface area contributed by atoms with Gasteiger partial charge in [0.15, 0.2) is 0 Å². The van der Waals surface area contributed by atoms with Crippen LogP contribution in [-0.2, 0) is 6.54 Å². The summed E-state index contributed by atoms with van der Waals surface area (Å²) < 4.78 is 0. The van der Waals surface area contributed by atoms with Crippen molar-refractivity contribution in [2.24, 2.45) is 0 Å². The fourth-order valence-corrected chi connectivity index (χ4v) is 4.26. The molecule has 4 nitrogen and oxygen atoms in total. The van der Waals surface area contributed by atoms with E-state index in [0.29, 0.717) is 18.2 Å². The zero-order chi connectivity index (χ0) is 22.2. The van der Waals surface area contributed by atoms with E-state index in [1.54, 1.807) is 12.1 Å². The monoisotopic (exact) mass is 426 g/mol. The van der Waals surface area contributed by atoms with Gasteiger partial charge in [0.05, 0.1) is 0 Å². The minimum Gasteiger partial charge on any atom is -0.508 e. The highest BCUT2D eigenvalue weighted by Crippen LogP contribution is 2.29. The number of rotatable bonds is 8. The summed E-state index contributed by atoms with van der Waals surface area (Å²) in [5.41, 5.74) is 4.25. The van der Waals surface area contributed by atoms with Crippen LogP contribution in [0.3, 0.4) is 0 Å². The van der Waals surface area contributed by atoms with Crippen molar-refractivity contribution >= 4 is 12.0 Å². The van der Waals surface area contributed by atoms with Crippen LogP contribution in [-0.4, -0.2) is 35.5 Å². The van der Waals surface area contributed by atoms with E-state index in [1.807, 2.05) is 48.5 Å². The van der Waals surface area contributed by atoms with Crippen molar-refractivity contribution < 1.29 is 9.90 Å². The number of hydrogen-bond acceptors (Lipinski definition) is 3. The van der Waals surface area contributed by atoms with Crippen molar-refractivity contribution in [1.82, 2.24) is 10.2 Å². The van der Waals surface area contributed by atoms with E-state index in [-0.39, 0.29) is 5.91 Å². The summed E-state index contributed by atoms with van der Waals surface area (Å²) in [7, 11) is 0. The van der Waals surface area contributed by atoms with Gasteiger partial charge in [0.1, 0.15) is 5.75 Å². The van der Waals surface area contributed by atoms with Crippen LogP contribution in [0.25, 0.3) is 6.08 Å². The Morgan fingerprint density at radius 1 is 1.00 bits per heavy atom. The second-order valence-corrected chi connectivity index (χ2v) is 8.33. The smallest absolute Gasteiger partial charge is 0.251 e. The number of aromatic hydroxyl groups is 1. The van der Waals surface area contributed by atoms with E-state index < -0.39 is 0 Å².